The molecule has 0 aliphatic carbocycles. The van der Waals surface area contributed by atoms with Gasteiger partial charge >= 0.3 is 6.03 Å². The lowest BCUT2D eigenvalue weighted by molar-refractivity contribution is -0.114. The van der Waals surface area contributed by atoms with E-state index in [0.717, 1.165) is 0 Å². The third kappa shape index (κ3) is 4.35. The molecule has 1 aromatic rings. The number of ether oxygens (including phenoxy) is 1. The van der Waals surface area contributed by atoms with Crippen LogP contribution in [0.3, 0.4) is 0 Å². The molecule has 2 N–H and O–H groups in total. The molecule has 0 radical (unpaired) electrons. The Morgan fingerprint density at radius 1 is 1.23 bits per heavy atom. The normalized spacial score (nSPS) is 21.4. The van der Waals surface area contributed by atoms with Crippen molar-refractivity contribution in [3.8, 4) is 0 Å². The summed E-state index contributed by atoms with van der Waals surface area (Å²) < 4.78 is 5.61. The summed E-state index contributed by atoms with van der Waals surface area (Å²) in [5.74, 6) is -0.177. The van der Waals surface area contributed by atoms with E-state index >= 15 is 0 Å². The van der Waals surface area contributed by atoms with Gasteiger partial charge in [0.1, 0.15) is 0 Å². The van der Waals surface area contributed by atoms with Crippen molar-refractivity contribution in [2.24, 2.45) is 0 Å². The number of hydrogen-bond donors (Lipinski definition) is 2. The first-order valence-electron chi connectivity index (χ1n) is 7.13. The highest BCUT2D eigenvalue weighted by molar-refractivity contribution is 6.34. The first kappa shape index (κ1) is 16.6. The van der Waals surface area contributed by atoms with Gasteiger partial charge in [-0.05, 0) is 32.0 Å². The third-order valence-electron chi connectivity index (χ3n) is 3.24. The number of morpholine rings is 1. The van der Waals surface area contributed by atoms with E-state index in [1.807, 2.05) is 13.8 Å². The highest BCUT2D eigenvalue weighted by atomic mass is 35.5. The Labute approximate surface area is 134 Å². The molecule has 2 unspecified atom stereocenters. The van der Waals surface area contributed by atoms with E-state index in [0.29, 0.717) is 29.5 Å². The Morgan fingerprint density at radius 2 is 1.86 bits per heavy atom. The maximum atomic E-state index is 12.3. The van der Waals surface area contributed by atoms with Crippen LogP contribution >= 0.6 is 11.6 Å². The number of carbonyl (C=O) groups is 2. The number of nitrogens with zero attached hydrogens (tertiary/aromatic N) is 1. The topological polar surface area (TPSA) is 70.7 Å². The Hall–Kier alpha value is -1.79. The monoisotopic (exact) mass is 325 g/mol. The maximum Gasteiger partial charge on any atom is 0.322 e. The summed E-state index contributed by atoms with van der Waals surface area (Å²) in [7, 11) is 0. The molecule has 0 bridgehead atoms. The maximum absolute atomic E-state index is 12.3. The molecular formula is C15H20ClN3O3. The van der Waals surface area contributed by atoms with Gasteiger partial charge in [-0.15, -0.1) is 0 Å². The lowest BCUT2D eigenvalue weighted by Crippen LogP contribution is -2.49. The fraction of sp³-hybridized carbons (Fsp3) is 0.467. The van der Waals surface area contributed by atoms with Crippen molar-refractivity contribution in [3.05, 3.63) is 23.2 Å². The third-order valence-corrected chi connectivity index (χ3v) is 3.55. The molecule has 1 heterocycles. The molecule has 0 aromatic heterocycles. The van der Waals surface area contributed by atoms with E-state index in [1.54, 1.807) is 23.1 Å². The van der Waals surface area contributed by atoms with Crippen molar-refractivity contribution in [1.82, 2.24) is 4.90 Å². The predicted molar refractivity (Wildman–Crippen MR) is 86.4 cm³/mol. The van der Waals surface area contributed by atoms with E-state index in [1.165, 1.54) is 6.92 Å². The van der Waals surface area contributed by atoms with Crippen molar-refractivity contribution >= 4 is 34.9 Å². The number of urea groups is 1. The van der Waals surface area contributed by atoms with Crippen LogP contribution in [0.4, 0.5) is 16.2 Å². The SMILES string of the molecule is CC(=O)Nc1ccc(NC(=O)N2CC(C)OC(C)C2)c(Cl)c1. The molecule has 2 rings (SSSR count). The summed E-state index contributed by atoms with van der Waals surface area (Å²) in [4.78, 5) is 25.0. The van der Waals surface area contributed by atoms with Crippen LogP contribution in [0, 0.1) is 0 Å². The standard InChI is InChI=1S/C15H20ClN3O3/c1-9-7-19(8-10(2)22-9)15(21)18-14-5-4-12(6-13(14)16)17-11(3)20/h4-6,9-10H,7-8H2,1-3H3,(H,17,20)(H,18,21). The molecular weight excluding hydrogens is 306 g/mol. The van der Waals surface area contributed by atoms with Gasteiger partial charge in [-0.3, -0.25) is 4.79 Å². The second-order valence-corrected chi connectivity index (χ2v) is 5.88. The van der Waals surface area contributed by atoms with Gasteiger partial charge in [-0.1, -0.05) is 11.6 Å². The predicted octanol–water partition coefficient (Wildman–Crippen LogP) is 2.94. The van der Waals surface area contributed by atoms with Crippen LogP contribution in [0.1, 0.15) is 20.8 Å². The number of halogens is 1. The molecule has 1 aromatic carbocycles. The fourth-order valence-electron chi connectivity index (χ4n) is 2.44. The molecule has 3 amide bonds. The highest BCUT2D eigenvalue weighted by Crippen LogP contribution is 2.26. The van der Waals surface area contributed by atoms with Crippen LogP contribution in [0.15, 0.2) is 18.2 Å². The lowest BCUT2D eigenvalue weighted by atomic mass is 10.2. The van der Waals surface area contributed by atoms with E-state index in [9.17, 15) is 9.59 Å². The fourth-order valence-corrected chi connectivity index (χ4v) is 2.66. The smallest absolute Gasteiger partial charge is 0.322 e. The van der Waals surface area contributed by atoms with Gasteiger partial charge in [0.15, 0.2) is 0 Å². The van der Waals surface area contributed by atoms with Gasteiger partial charge in [0.25, 0.3) is 0 Å². The zero-order valence-electron chi connectivity index (χ0n) is 12.9. The molecule has 1 aliphatic heterocycles. The number of anilines is 2. The Morgan fingerprint density at radius 3 is 2.41 bits per heavy atom. The van der Waals surface area contributed by atoms with Gasteiger partial charge in [0, 0.05) is 25.7 Å². The average Bonchev–Trinajstić information content (AvgIpc) is 2.40. The average molecular weight is 326 g/mol. The van der Waals surface area contributed by atoms with Crippen LogP contribution in [-0.4, -0.2) is 42.1 Å². The molecule has 1 aliphatic rings. The molecule has 0 spiro atoms. The zero-order valence-corrected chi connectivity index (χ0v) is 13.6. The van der Waals surface area contributed by atoms with E-state index in [2.05, 4.69) is 10.6 Å². The van der Waals surface area contributed by atoms with Gasteiger partial charge in [0.05, 0.1) is 22.9 Å². The Bertz CT molecular complexity index is 569. The molecule has 1 fully saturated rings. The van der Waals surface area contributed by atoms with Crippen LogP contribution in [0.25, 0.3) is 0 Å². The summed E-state index contributed by atoms with van der Waals surface area (Å²) in [5.41, 5.74) is 1.09. The molecule has 22 heavy (non-hydrogen) atoms. The zero-order chi connectivity index (χ0) is 16.3. The summed E-state index contributed by atoms with van der Waals surface area (Å²) in [6, 6.07) is 4.74. The summed E-state index contributed by atoms with van der Waals surface area (Å²) in [6.07, 6.45) is 0.0132. The van der Waals surface area contributed by atoms with E-state index < -0.39 is 0 Å². The molecule has 1 saturated heterocycles. The molecule has 7 heteroatoms. The number of hydrogen-bond acceptors (Lipinski definition) is 3. The van der Waals surface area contributed by atoms with Crippen molar-refractivity contribution in [1.29, 1.82) is 0 Å². The van der Waals surface area contributed by atoms with Crippen molar-refractivity contribution < 1.29 is 14.3 Å². The number of amides is 3. The molecule has 0 saturated carbocycles. The molecule has 120 valence electrons. The summed E-state index contributed by atoms with van der Waals surface area (Å²) >= 11 is 6.14. The number of carbonyl (C=O) groups excluding carboxylic acids is 2. The van der Waals surface area contributed by atoms with Crippen LogP contribution < -0.4 is 10.6 Å². The minimum Gasteiger partial charge on any atom is -0.372 e. The minimum atomic E-state index is -0.212. The molecule has 2 atom stereocenters. The van der Waals surface area contributed by atoms with Crippen LogP contribution in [-0.2, 0) is 9.53 Å². The van der Waals surface area contributed by atoms with Crippen LogP contribution in [0.2, 0.25) is 5.02 Å². The summed E-state index contributed by atoms with van der Waals surface area (Å²) in [5, 5.41) is 5.80. The second-order valence-electron chi connectivity index (χ2n) is 5.47. The number of benzene rings is 1. The first-order valence-corrected chi connectivity index (χ1v) is 7.51. The Balaban J connectivity index is 2.03. The van der Waals surface area contributed by atoms with Crippen molar-refractivity contribution in [2.45, 2.75) is 33.0 Å². The van der Waals surface area contributed by atoms with Crippen molar-refractivity contribution in [3.63, 3.8) is 0 Å². The lowest BCUT2D eigenvalue weighted by Gasteiger charge is -2.35. The quantitative estimate of drug-likeness (QED) is 0.878. The minimum absolute atomic E-state index is 0.00659. The van der Waals surface area contributed by atoms with Gasteiger partial charge in [0.2, 0.25) is 5.91 Å². The van der Waals surface area contributed by atoms with E-state index in [4.69, 9.17) is 16.3 Å². The number of rotatable bonds is 2. The van der Waals surface area contributed by atoms with Crippen molar-refractivity contribution in [2.75, 3.05) is 23.7 Å². The first-order chi connectivity index (χ1) is 10.3. The number of nitrogens with one attached hydrogen (secondary N) is 2. The second kappa shape index (κ2) is 6.98. The van der Waals surface area contributed by atoms with E-state index in [-0.39, 0.29) is 24.1 Å². The highest BCUT2D eigenvalue weighted by Gasteiger charge is 2.26. The molecule has 6 nitrogen and oxygen atoms in total. The van der Waals surface area contributed by atoms with Gasteiger partial charge < -0.3 is 20.3 Å². The summed E-state index contributed by atoms with van der Waals surface area (Å²) in [6.45, 7) is 6.37. The van der Waals surface area contributed by atoms with Crippen LogP contribution in [0.5, 0.6) is 0 Å². The Kier molecular flexibility index (Phi) is 5.26. The van der Waals surface area contributed by atoms with Gasteiger partial charge in [-0.25, -0.2) is 4.79 Å². The van der Waals surface area contributed by atoms with Gasteiger partial charge in [-0.2, -0.15) is 0 Å². The largest absolute Gasteiger partial charge is 0.372 e.